The van der Waals surface area contributed by atoms with Crippen LogP contribution in [0.1, 0.15) is 28.1 Å². The van der Waals surface area contributed by atoms with E-state index in [1.54, 1.807) is 0 Å². The van der Waals surface area contributed by atoms with Crippen LogP contribution in [-0.4, -0.2) is 49.3 Å². The first-order chi connectivity index (χ1) is 6.58. The zero-order valence-corrected chi connectivity index (χ0v) is 9.55. The van der Waals surface area contributed by atoms with Gasteiger partial charge in [-0.3, -0.25) is 0 Å². The van der Waals surface area contributed by atoms with Crippen LogP contribution in [0.5, 0.6) is 0 Å². The first-order valence-electron chi connectivity index (χ1n) is 5.66. The lowest BCUT2D eigenvalue weighted by molar-refractivity contribution is -0.0612. The van der Waals surface area contributed by atoms with Crippen LogP contribution >= 0.6 is 0 Å². The maximum Gasteiger partial charge on any atom is 0.0878 e. The lowest BCUT2D eigenvalue weighted by Gasteiger charge is -2.40. The molecule has 0 bridgehead atoms. The molecule has 3 nitrogen and oxygen atoms in total. The van der Waals surface area contributed by atoms with Gasteiger partial charge >= 0.3 is 0 Å². The molecule has 1 atom stereocenters. The summed E-state index contributed by atoms with van der Waals surface area (Å²) >= 11 is 0. The van der Waals surface area contributed by atoms with E-state index in [1.807, 2.05) is 0 Å². The number of hydrogen-bond donors (Lipinski definition) is 1. The van der Waals surface area contributed by atoms with Gasteiger partial charge in [0.2, 0.25) is 0 Å². The topological polar surface area (TPSA) is 24.5 Å². The zero-order chi connectivity index (χ0) is 10.2. The van der Waals surface area contributed by atoms with Crippen molar-refractivity contribution in [1.29, 1.82) is 0 Å². The first-order valence-corrected chi connectivity index (χ1v) is 5.66. The molecule has 14 heavy (non-hydrogen) atoms. The largest absolute Gasteiger partial charge is 0.374 e. The van der Waals surface area contributed by atoms with Gasteiger partial charge in [-0.2, -0.15) is 0 Å². The molecule has 0 aromatic rings. The third kappa shape index (κ3) is 2.47. The van der Waals surface area contributed by atoms with Gasteiger partial charge in [0.05, 0.1) is 12.7 Å². The van der Waals surface area contributed by atoms with Gasteiger partial charge in [-0.05, 0) is 33.7 Å². The average Bonchev–Trinajstić information content (AvgIpc) is 2.87. The van der Waals surface area contributed by atoms with E-state index in [4.69, 9.17) is 4.74 Å². The fraction of sp³-hybridized carbons (Fsp3) is 1.00. The molecule has 1 aliphatic heterocycles. The van der Waals surface area contributed by atoms with Crippen molar-refractivity contribution in [2.75, 3.05) is 26.7 Å². The summed E-state index contributed by atoms with van der Waals surface area (Å²) in [5.41, 5.74) is 0.121. The van der Waals surface area contributed by atoms with Crippen molar-refractivity contribution >= 4 is 0 Å². The second-order valence-electron chi connectivity index (χ2n) is 5.26. The number of nitrogens with zero attached hydrogens (tertiary/aromatic N) is 1. The molecule has 0 aromatic carbocycles. The van der Waals surface area contributed by atoms with Gasteiger partial charge in [0, 0.05) is 26.1 Å². The fourth-order valence-corrected chi connectivity index (χ4v) is 2.06. The lowest BCUT2D eigenvalue weighted by atomic mass is 9.95. The number of rotatable bonds is 3. The first kappa shape index (κ1) is 10.4. The SMILES string of the molecule is CN1CCOC(C(C)(C)NC2CC2)C1.[HH]. The van der Waals surface area contributed by atoms with E-state index in [0.29, 0.717) is 6.10 Å². The van der Waals surface area contributed by atoms with Crippen molar-refractivity contribution < 1.29 is 6.16 Å². The molecule has 1 N–H and O–H groups in total. The smallest absolute Gasteiger partial charge is 0.0878 e. The van der Waals surface area contributed by atoms with E-state index in [-0.39, 0.29) is 6.97 Å². The quantitative estimate of drug-likeness (QED) is 0.738. The van der Waals surface area contributed by atoms with E-state index in [9.17, 15) is 0 Å². The molecule has 1 unspecified atom stereocenters. The van der Waals surface area contributed by atoms with Crippen LogP contribution in [0.3, 0.4) is 0 Å². The second kappa shape index (κ2) is 3.80. The molecule has 3 heteroatoms. The number of hydrogen-bond acceptors (Lipinski definition) is 3. The summed E-state index contributed by atoms with van der Waals surface area (Å²) < 4.78 is 5.84. The minimum absolute atomic E-state index is 0. The van der Waals surface area contributed by atoms with Crippen molar-refractivity contribution in [1.82, 2.24) is 10.2 Å². The van der Waals surface area contributed by atoms with Crippen molar-refractivity contribution in [2.45, 2.75) is 44.4 Å². The Bertz CT molecular complexity index is 207. The predicted octanol–water partition coefficient (Wildman–Crippen LogP) is 1.09. The number of likely N-dealkylation sites (N-methyl/N-ethyl adjacent to an activating group) is 1. The highest BCUT2D eigenvalue weighted by atomic mass is 16.5. The molecule has 1 saturated heterocycles. The Morgan fingerprint density at radius 1 is 1.43 bits per heavy atom. The van der Waals surface area contributed by atoms with E-state index in [1.165, 1.54) is 12.8 Å². The molecule has 1 aliphatic carbocycles. The molecule has 84 valence electrons. The average molecular weight is 200 g/mol. The minimum Gasteiger partial charge on any atom is -0.374 e. The van der Waals surface area contributed by atoms with Crippen molar-refractivity contribution in [3.8, 4) is 0 Å². The summed E-state index contributed by atoms with van der Waals surface area (Å²) in [6, 6.07) is 0.751. The standard InChI is InChI=1S/C11H22N2O.H2/c1-11(2,12-9-4-5-9)10-8-13(3)6-7-14-10;/h9-10,12H,4-8H2,1-3H3;1H. The highest BCUT2D eigenvalue weighted by Gasteiger charge is 2.37. The summed E-state index contributed by atoms with van der Waals surface area (Å²) in [4.78, 5) is 2.35. The van der Waals surface area contributed by atoms with Gasteiger partial charge in [0.25, 0.3) is 0 Å². The Kier molecular flexibility index (Phi) is 2.82. The summed E-state index contributed by atoms with van der Waals surface area (Å²) in [6.45, 7) is 7.50. The molecule has 0 radical (unpaired) electrons. The van der Waals surface area contributed by atoms with Crippen LogP contribution in [0.2, 0.25) is 0 Å². The second-order valence-corrected chi connectivity index (χ2v) is 5.26. The number of nitrogens with one attached hydrogen (secondary N) is 1. The predicted molar refractivity (Wildman–Crippen MR) is 59.6 cm³/mol. The van der Waals surface area contributed by atoms with E-state index in [0.717, 1.165) is 25.7 Å². The van der Waals surface area contributed by atoms with Gasteiger partial charge in [-0.1, -0.05) is 0 Å². The van der Waals surface area contributed by atoms with Crippen LogP contribution in [0.25, 0.3) is 0 Å². The van der Waals surface area contributed by atoms with Gasteiger partial charge in [0.15, 0.2) is 0 Å². The Balaban J connectivity index is 0.00000112. The summed E-state index contributed by atoms with van der Waals surface area (Å²) in [5.74, 6) is 0. The Morgan fingerprint density at radius 3 is 2.71 bits per heavy atom. The number of morpholine rings is 1. The van der Waals surface area contributed by atoms with Crippen LogP contribution in [0.15, 0.2) is 0 Å². The van der Waals surface area contributed by atoms with Gasteiger partial charge in [0.1, 0.15) is 0 Å². The maximum atomic E-state index is 5.84. The van der Waals surface area contributed by atoms with Gasteiger partial charge in [-0.25, -0.2) is 0 Å². The summed E-state index contributed by atoms with van der Waals surface area (Å²) in [7, 11) is 2.17. The molecule has 2 aliphatic rings. The molecule has 1 saturated carbocycles. The lowest BCUT2D eigenvalue weighted by Crippen LogP contribution is -2.58. The van der Waals surface area contributed by atoms with Crippen molar-refractivity contribution in [3.63, 3.8) is 0 Å². The summed E-state index contributed by atoms with van der Waals surface area (Å²) in [5, 5.41) is 3.67. The van der Waals surface area contributed by atoms with Crippen LogP contribution in [0, 0.1) is 0 Å². The van der Waals surface area contributed by atoms with E-state index < -0.39 is 0 Å². The third-order valence-electron chi connectivity index (χ3n) is 3.23. The van der Waals surface area contributed by atoms with Crippen LogP contribution in [0.4, 0.5) is 0 Å². The molecule has 2 fully saturated rings. The molecule has 2 rings (SSSR count). The minimum atomic E-state index is 0. The monoisotopic (exact) mass is 200 g/mol. The maximum absolute atomic E-state index is 5.84. The van der Waals surface area contributed by atoms with Crippen LogP contribution in [-0.2, 0) is 4.74 Å². The molecule has 0 spiro atoms. The number of ether oxygens (including phenoxy) is 1. The van der Waals surface area contributed by atoms with Crippen LogP contribution < -0.4 is 5.32 Å². The highest BCUT2D eigenvalue weighted by Crippen LogP contribution is 2.25. The zero-order valence-electron chi connectivity index (χ0n) is 9.55. The molecule has 1 heterocycles. The molecular weight excluding hydrogens is 176 g/mol. The fourth-order valence-electron chi connectivity index (χ4n) is 2.06. The highest BCUT2D eigenvalue weighted by molar-refractivity contribution is 4.96. The van der Waals surface area contributed by atoms with Gasteiger partial charge in [-0.15, -0.1) is 0 Å². The molecule has 0 aromatic heterocycles. The Morgan fingerprint density at radius 2 is 2.14 bits per heavy atom. The summed E-state index contributed by atoms with van der Waals surface area (Å²) in [6.07, 6.45) is 3.01. The normalized spacial score (nSPS) is 30.6. The molecule has 0 amide bonds. The Labute approximate surface area is 88.3 Å². The molecular formula is C11H24N2O. The van der Waals surface area contributed by atoms with E-state index >= 15 is 0 Å². The van der Waals surface area contributed by atoms with Crippen molar-refractivity contribution in [3.05, 3.63) is 0 Å². The van der Waals surface area contributed by atoms with Crippen molar-refractivity contribution in [2.24, 2.45) is 0 Å². The Hall–Kier alpha value is -0.120. The van der Waals surface area contributed by atoms with E-state index in [2.05, 4.69) is 31.1 Å². The van der Waals surface area contributed by atoms with Gasteiger partial charge < -0.3 is 15.0 Å². The third-order valence-corrected chi connectivity index (χ3v) is 3.23.